The molecule has 0 atom stereocenters. The van der Waals surface area contributed by atoms with Gasteiger partial charge in [0, 0.05) is 24.2 Å². The summed E-state index contributed by atoms with van der Waals surface area (Å²) < 4.78 is 0. The van der Waals surface area contributed by atoms with E-state index in [2.05, 4.69) is 22.6 Å². The lowest BCUT2D eigenvalue weighted by Gasteiger charge is -2.20. The number of anilines is 1. The fourth-order valence-corrected chi connectivity index (χ4v) is 2.45. The number of carbonyl (C=O) groups is 1. The van der Waals surface area contributed by atoms with Crippen molar-refractivity contribution >= 4 is 23.2 Å². The second kappa shape index (κ2) is 6.92. The van der Waals surface area contributed by atoms with Gasteiger partial charge in [0.05, 0.1) is 11.3 Å². The molecule has 1 saturated carbocycles. The van der Waals surface area contributed by atoms with Gasteiger partial charge in [0.2, 0.25) is 0 Å². The number of benzene rings is 1. The maximum absolute atomic E-state index is 12.1. The van der Waals surface area contributed by atoms with Crippen LogP contribution in [-0.2, 0) is 0 Å². The third-order valence-corrected chi connectivity index (χ3v) is 3.77. The number of nitrogen functional groups attached to an aromatic ring is 1. The number of nitrogens with zero attached hydrogens (tertiary/aromatic N) is 1. The van der Waals surface area contributed by atoms with Crippen molar-refractivity contribution in [2.75, 3.05) is 25.1 Å². The summed E-state index contributed by atoms with van der Waals surface area (Å²) in [6.07, 6.45) is 2.55. The molecular weight excluding hydrogens is 276 g/mol. The third kappa shape index (κ3) is 3.85. The molecule has 0 aliphatic heterocycles. The molecular formula is C14H21ClN4O. The molecule has 5 nitrogen and oxygen atoms in total. The molecule has 0 aromatic heterocycles. The second-order valence-electron chi connectivity index (χ2n) is 4.95. The van der Waals surface area contributed by atoms with Crippen LogP contribution in [0.1, 0.15) is 30.1 Å². The van der Waals surface area contributed by atoms with E-state index in [0.29, 0.717) is 28.9 Å². The van der Waals surface area contributed by atoms with Crippen LogP contribution in [0.4, 0.5) is 5.69 Å². The first-order chi connectivity index (χ1) is 9.65. The Morgan fingerprint density at radius 2 is 2.25 bits per heavy atom. The van der Waals surface area contributed by atoms with E-state index < -0.39 is 0 Å². The number of hydrogen-bond acceptors (Lipinski definition) is 4. The highest BCUT2D eigenvalue weighted by atomic mass is 35.5. The predicted molar refractivity (Wildman–Crippen MR) is 81.9 cm³/mol. The van der Waals surface area contributed by atoms with Gasteiger partial charge in [-0.25, -0.2) is 0 Å². The minimum Gasteiger partial charge on any atom is -0.351 e. The summed E-state index contributed by atoms with van der Waals surface area (Å²) in [7, 11) is 0. The Kier molecular flexibility index (Phi) is 5.23. The number of hydrazine groups is 1. The van der Waals surface area contributed by atoms with Crippen LogP contribution in [0.5, 0.6) is 0 Å². The zero-order valence-electron chi connectivity index (χ0n) is 11.7. The number of halogens is 1. The summed E-state index contributed by atoms with van der Waals surface area (Å²) in [6.45, 7) is 4.67. The Balaban J connectivity index is 1.89. The van der Waals surface area contributed by atoms with E-state index in [1.54, 1.807) is 18.2 Å². The molecule has 0 heterocycles. The molecule has 0 unspecified atom stereocenters. The van der Waals surface area contributed by atoms with Gasteiger partial charge in [0.15, 0.2) is 0 Å². The third-order valence-electron chi connectivity index (χ3n) is 3.54. The largest absolute Gasteiger partial charge is 0.351 e. The van der Waals surface area contributed by atoms with E-state index >= 15 is 0 Å². The highest BCUT2D eigenvalue weighted by Gasteiger charge is 2.27. The highest BCUT2D eigenvalue weighted by Crippen LogP contribution is 2.26. The molecule has 1 aromatic carbocycles. The average Bonchev–Trinajstić information content (AvgIpc) is 3.28. The molecule has 1 aromatic rings. The molecule has 0 bridgehead atoms. The minimum atomic E-state index is -0.160. The lowest BCUT2D eigenvalue weighted by atomic mass is 10.1. The summed E-state index contributed by atoms with van der Waals surface area (Å²) in [4.78, 5) is 14.5. The van der Waals surface area contributed by atoms with Crippen molar-refractivity contribution in [1.82, 2.24) is 10.2 Å². The first-order valence-electron chi connectivity index (χ1n) is 6.94. The summed E-state index contributed by atoms with van der Waals surface area (Å²) >= 11 is 5.92. The second-order valence-corrected chi connectivity index (χ2v) is 5.39. The first kappa shape index (κ1) is 15.1. The minimum absolute atomic E-state index is 0.160. The van der Waals surface area contributed by atoms with Crippen molar-refractivity contribution in [2.45, 2.75) is 25.8 Å². The van der Waals surface area contributed by atoms with Crippen LogP contribution in [0.15, 0.2) is 18.2 Å². The summed E-state index contributed by atoms with van der Waals surface area (Å²) in [6, 6.07) is 5.72. The van der Waals surface area contributed by atoms with Gasteiger partial charge in [-0.05, 0) is 37.6 Å². The topological polar surface area (TPSA) is 70.4 Å². The van der Waals surface area contributed by atoms with Crippen molar-refractivity contribution in [1.29, 1.82) is 0 Å². The monoisotopic (exact) mass is 296 g/mol. The van der Waals surface area contributed by atoms with Crippen LogP contribution in [0.25, 0.3) is 0 Å². The lowest BCUT2D eigenvalue weighted by Crippen LogP contribution is -2.36. The van der Waals surface area contributed by atoms with Crippen LogP contribution in [0.2, 0.25) is 5.02 Å². The van der Waals surface area contributed by atoms with Gasteiger partial charge >= 0.3 is 0 Å². The van der Waals surface area contributed by atoms with Crippen LogP contribution >= 0.6 is 11.6 Å². The highest BCUT2D eigenvalue weighted by molar-refractivity contribution is 6.31. The molecule has 2 rings (SSSR count). The Labute approximate surface area is 124 Å². The molecule has 110 valence electrons. The van der Waals surface area contributed by atoms with Gasteiger partial charge < -0.3 is 10.7 Å². The van der Waals surface area contributed by atoms with Gasteiger partial charge in [-0.2, -0.15) is 0 Å². The number of nitrogens with one attached hydrogen (secondary N) is 2. The Bertz CT molecular complexity index is 476. The lowest BCUT2D eigenvalue weighted by molar-refractivity contribution is 0.0948. The van der Waals surface area contributed by atoms with Crippen molar-refractivity contribution < 1.29 is 4.79 Å². The number of nitrogens with two attached hydrogens (primary N) is 1. The van der Waals surface area contributed by atoms with Crippen molar-refractivity contribution in [3.05, 3.63) is 28.8 Å². The maximum Gasteiger partial charge on any atom is 0.253 e. The number of hydrogen-bond donors (Lipinski definition) is 3. The van der Waals surface area contributed by atoms with E-state index in [9.17, 15) is 4.79 Å². The van der Waals surface area contributed by atoms with Crippen LogP contribution in [0.3, 0.4) is 0 Å². The Morgan fingerprint density at radius 1 is 1.50 bits per heavy atom. The normalized spacial score (nSPS) is 14.4. The van der Waals surface area contributed by atoms with Gasteiger partial charge in [-0.15, -0.1) is 0 Å². The molecule has 0 radical (unpaired) electrons. The Hall–Kier alpha value is -1.30. The Morgan fingerprint density at radius 3 is 2.85 bits per heavy atom. The number of likely N-dealkylation sites (N-methyl/N-ethyl adjacent to an activating group) is 1. The molecule has 1 fully saturated rings. The summed E-state index contributed by atoms with van der Waals surface area (Å²) in [5, 5.41) is 3.43. The molecule has 1 aliphatic rings. The van der Waals surface area contributed by atoms with Crippen LogP contribution in [-0.4, -0.2) is 36.5 Å². The number of amides is 1. The van der Waals surface area contributed by atoms with E-state index in [0.717, 1.165) is 13.1 Å². The van der Waals surface area contributed by atoms with Gasteiger partial charge in [-0.3, -0.25) is 15.5 Å². The van der Waals surface area contributed by atoms with Crippen molar-refractivity contribution in [2.24, 2.45) is 5.84 Å². The zero-order chi connectivity index (χ0) is 14.5. The fourth-order valence-electron chi connectivity index (χ4n) is 2.28. The van der Waals surface area contributed by atoms with Gasteiger partial charge in [-0.1, -0.05) is 18.5 Å². The summed E-state index contributed by atoms with van der Waals surface area (Å²) in [5.74, 6) is 5.24. The van der Waals surface area contributed by atoms with Crippen LogP contribution in [0, 0.1) is 0 Å². The van der Waals surface area contributed by atoms with E-state index in [-0.39, 0.29) is 5.91 Å². The molecule has 1 aliphatic carbocycles. The van der Waals surface area contributed by atoms with Crippen molar-refractivity contribution in [3.63, 3.8) is 0 Å². The molecule has 0 saturated heterocycles. The number of rotatable bonds is 7. The standard InChI is InChI=1S/C14H21ClN4O/c1-2-19(11-4-5-11)8-7-17-14(20)12-9-10(15)3-6-13(12)18-16/h3,6,9,11,18H,2,4-5,7-8,16H2,1H3,(H,17,20). The average molecular weight is 297 g/mol. The molecule has 1 amide bonds. The predicted octanol–water partition coefficient (Wildman–Crippen LogP) is 1.84. The van der Waals surface area contributed by atoms with E-state index in [4.69, 9.17) is 17.4 Å². The van der Waals surface area contributed by atoms with E-state index in [1.165, 1.54) is 12.8 Å². The van der Waals surface area contributed by atoms with E-state index in [1.807, 2.05) is 0 Å². The first-order valence-corrected chi connectivity index (χ1v) is 7.32. The SMILES string of the molecule is CCN(CCNC(=O)c1cc(Cl)ccc1NN)C1CC1. The number of carbonyl (C=O) groups excluding carboxylic acids is 1. The fraction of sp³-hybridized carbons (Fsp3) is 0.500. The maximum atomic E-state index is 12.1. The zero-order valence-corrected chi connectivity index (χ0v) is 12.4. The van der Waals surface area contributed by atoms with Gasteiger partial charge in [0.1, 0.15) is 0 Å². The molecule has 6 heteroatoms. The molecule has 0 spiro atoms. The van der Waals surface area contributed by atoms with Crippen molar-refractivity contribution in [3.8, 4) is 0 Å². The molecule has 20 heavy (non-hydrogen) atoms. The van der Waals surface area contributed by atoms with Gasteiger partial charge in [0.25, 0.3) is 5.91 Å². The summed E-state index contributed by atoms with van der Waals surface area (Å²) in [5.41, 5.74) is 3.55. The smallest absolute Gasteiger partial charge is 0.253 e. The quantitative estimate of drug-likeness (QED) is 0.530. The molecule has 4 N–H and O–H groups in total. The van der Waals surface area contributed by atoms with Crippen LogP contribution < -0.4 is 16.6 Å².